The number of hydrazine groups is 1. The van der Waals surface area contributed by atoms with E-state index in [0.717, 1.165) is 28.6 Å². The highest BCUT2D eigenvalue weighted by molar-refractivity contribution is 7.89. The molecule has 0 saturated carbocycles. The van der Waals surface area contributed by atoms with Crippen molar-refractivity contribution in [3.05, 3.63) is 60.2 Å². The van der Waals surface area contributed by atoms with E-state index < -0.39 is 34.1 Å². The number of halogens is 2. The lowest BCUT2D eigenvalue weighted by molar-refractivity contribution is -0.121. The maximum absolute atomic E-state index is 12.9. The van der Waals surface area contributed by atoms with Crippen LogP contribution in [0.3, 0.4) is 0 Å². The lowest BCUT2D eigenvalue weighted by Gasteiger charge is -2.17. The van der Waals surface area contributed by atoms with Crippen molar-refractivity contribution in [3.8, 4) is 0 Å². The molecular weight excluding hydrogens is 398 g/mol. The third kappa shape index (κ3) is 5.94. The van der Waals surface area contributed by atoms with Gasteiger partial charge < -0.3 is 5.32 Å². The second-order valence-corrected chi connectivity index (χ2v) is 7.80. The molecule has 0 aliphatic heterocycles. The van der Waals surface area contributed by atoms with Gasteiger partial charge in [0.15, 0.2) is 5.11 Å². The quantitative estimate of drug-likeness (QED) is 0.509. The number of benzene rings is 2. The lowest BCUT2D eigenvalue weighted by Crippen LogP contribution is -2.48. The summed E-state index contributed by atoms with van der Waals surface area (Å²) in [5.74, 6) is -1.65. The number of carbonyl (C=O) groups excluding carboxylic acids is 1. The second-order valence-electron chi connectivity index (χ2n) is 5.35. The molecule has 7 nitrogen and oxygen atoms in total. The fraction of sp³-hybridized carbons (Fsp3) is 0.125. The number of thiocarbonyl (C=S) groups is 1. The maximum Gasteiger partial charge on any atom is 0.253 e. The van der Waals surface area contributed by atoms with Crippen molar-refractivity contribution in [1.82, 2.24) is 15.2 Å². The van der Waals surface area contributed by atoms with Crippen LogP contribution < -0.4 is 16.2 Å². The van der Waals surface area contributed by atoms with E-state index in [2.05, 4.69) is 16.2 Å². The molecule has 2 aromatic carbocycles. The van der Waals surface area contributed by atoms with Gasteiger partial charge >= 0.3 is 0 Å². The monoisotopic (exact) mass is 414 g/mol. The van der Waals surface area contributed by atoms with Crippen molar-refractivity contribution in [3.63, 3.8) is 0 Å². The second kappa shape index (κ2) is 8.84. The highest BCUT2D eigenvalue weighted by Gasteiger charge is 2.23. The first kappa shape index (κ1) is 20.7. The van der Waals surface area contributed by atoms with Gasteiger partial charge in [-0.05, 0) is 60.7 Å². The minimum atomic E-state index is -3.95. The van der Waals surface area contributed by atoms with Gasteiger partial charge in [0.2, 0.25) is 10.0 Å². The molecule has 0 unspecified atom stereocenters. The Balaban J connectivity index is 1.86. The van der Waals surface area contributed by atoms with Crippen LogP contribution in [-0.2, 0) is 14.8 Å². The van der Waals surface area contributed by atoms with Crippen LogP contribution in [0.25, 0.3) is 0 Å². The Hall–Kier alpha value is -2.63. The highest BCUT2D eigenvalue weighted by atomic mass is 32.2. The summed E-state index contributed by atoms with van der Waals surface area (Å²) in [5, 5.41) is 2.74. The van der Waals surface area contributed by atoms with Gasteiger partial charge in [-0.1, -0.05) is 0 Å². The first-order chi connectivity index (χ1) is 12.7. The standard InChI is InChI=1S/C16H16F2N4O3S2/c1-22(27(24,25)14-8-4-12(18)5-9-14)10-15(23)20-21-16(26)19-13-6-2-11(17)3-7-13/h2-9H,10H2,1H3,(H,20,23)(H2,19,21,26). The molecule has 3 N–H and O–H groups in total. The predicted octanol–water partition coefficient (Wildman–Crippen LogP) is 1.60. The van der Waals surface area contributed by atoms with Crippen molar-refractivity contribution >= 4 is 38.9 Å². The number of hydrogen-bond donors (Lipinski definition) is 3. The van der Waals surface area contributed by atoms with Crippen LogP contribution in [0.15, 0.2) is 53.4 Å². The summed E-state index contributed by atoms with van der Waals surface area (Å²) < 4.78 is 51.2. The first-order valence-corrected chi connectivity index (χ1v) is 9.36. The molecule has 0 aliphatic carbocycles. The van der Waals surface area contributed by atoms with Gasteiger partial charge in [0, 0.05) is 12.7 Å². The summed E-state index contributed by atoms with van der Waals surface area (Å²) in [4.78, 5) is 11.8. The molecular formula is C16H16F2N4O3S2. The molecule has 0 bridgehead atoms. The molecule has 0 saturated heterocycles. The Kier molecular flexibility index (Phi) is 6.77. The van der Waals surface area contributed by atoms with Crippen LogP contribution in [0.4, 0.5) is 14.5 Å². The minimum Gasteiger partial charge on any atom is -0.331 e. The zero-order chi connectivity index (χ0) is 20.0. The van der Waals surface area contributed by atoms with E-state index in [1.165, 1.54) is 31.3 Å². The van der Waals surface area contributed by atoms with Gasteiger partial charge in [0.25, 0.3) is 5.91 Å². The van der Waals surface area contributed by atoms with Crippen molar-refractivity contribution < 1.29 is 22.0 Å². The fourth-order valence-electron chi connectivity index (χ4n) is 1.94. The normalized spacial score (nSPS) is 11.1. The summed E-state index contributed by atoms with van der Waals surface area (Å²) in [6.45, 7) is -0.494. The number of sulfonamides is 1. The van der Waals surface area contributed by atoms with Crippen molar-refractivity contribution in [2.24, 2.45) is 0 Å². The molecule has 27 heavy (non-hydrogen) atoms. The fourth-order valence-corrected chi connectivity index (χ4v) is 3.23. The van der Waals surface area contributed by atoms with E-state index in [9.17, 15) is 22.0 Å². The van der Waals surface area contributed by atoms with Crippen LogP contribution in [0.2, 0.25) is 0 Å². The minimum absolute atomic E-state index is 0.0269. The summed E-state index contributed by atoms with van der Waals surface area (Å²) in [6.07, 6.45) is 0. The lowest BCUT2D eigenvalue weighted by atomic mass is 10.3. The van der Waals surface area contributed by atoms with Crippen molar-refractivity contribution in [1.29, 1.82) is 0 Å². The van der Waals surface area contributed by atoms with E-state index in [4.69, 9.17) is 12.2 Å². The predicted molar refractivity (Wildman–Crippen MR) is 100 cm³/mol. The maximum atomic E-state index is 12.9. The molecule has 0 fully saturated rings. The van der Waals surface area contributed by atoms with Crippen LogP contribution >= 0.6 is 12.2 Å². The average molecular weight is 414 g/mol. The Morgan fingerprint density at radius 1 is 1.00 bits per heavy atom. The molecule has 2 aromatic rings. The van der Waals surface area contributed by atoms with E-state index in [1.54, 1.807) is 0 Å². The number of rotatable bonds is 5. The Labute approximate surface area is 160 Å². The van der Waals surface area contributed by atoms with Crippen LogP contribution in [-0.4, -0.2) is 37.3 Å². The number of anilines is 1. The van der Waals surface area contributed by atoms with Gasteiger partial charge in [0.1, 0.15) is 11.6 Å². The number of carbonyl (C=O) groups is 1. The molecule has 1 amide bonds. The van der Waals surface area contributed by atoms with Gasteiger partial charge in [0.05, 0.1) is 11.4 Å². The summed E-state index contributed by atoms with van der Waals surface area (Å²) in [6, 6.07) is 9.63. The van der Waals surface area contributed by atoms with Crippen LogP contribution in [0.1, 0.15) is 0 Å². The SMILES string of the molecule is CN(CC(=O)NNC(=S)Nc1ccc(F)cc1)S(=O)(=O)c1ccc(F)cc1. The number of amides is 1. The molecule has 2 rings (SSSR count). The molecule has 0 aromatic heterocycles. The molecule has 0 spiro atoms. The molecule has 11 heteroatoms. The van der Waals surface area contributed by atoms with E-state index in [-0.39, 0.29) is 10.0 Å². The number of likely N-dealkylation sites (N-methyl/N-ethyl adjacent to an activating group) is 1. The van der Waals surface area contributed by atoms with Gasteiger partial charge in [-0.25, -0.2) is 17.2 Å². The largest absolute Gasteiger partial charge is 0.331 e. The van der Waals surface area contributed by atoms with Crippen molar-refractivity contribution in [2.75, 3.05) is 18.9 Å². The van der Waals surface area contributed by atoms with Gasteiger partial charge in [-0.3, -0.25) is 15.6 Å². The summed E-state index contributed by atoms with van der Waals surface area (Å²) in [5.41, 5.74) is 5.15. The molecule has 144 valence electrons. The Bertz CT molecular complexity index is 920. The number of hydrogen-bond acceptors (Lipinski definition) is 4. The van der Waals surface area contributed by atoms with Crippen LogP contribution in [0.5, 0.6) is 0 Å². The third-order valence-electron chi connectivity index (χ3n) is 3.31. The average Bonchev–Trinajstić information content (AvgIpc) is 2.62. The molecule has 0 heterocycles. The zero-order valence-electron chi connectivity index (χ0n) is 14.1. The van der Waals surface area contributed by atoms with Crippen LogP contribution in [0, 0.1) is 11.6 Å². The van der Waals surface area contributed by atoms with Crippen molar-refractivity contribution in [2.45, 2.75) is 4.90 Å². The third-order valence-corrected chi connectivity index (χ3v) is 5.33. The summed E-state index contributed by atoms with van der Waals surface area (Å²) in [7, 11) is -2.73. The van der Waals surface area contributed by atoms with Gasteiger partial charge in [-0.15, -0.1) is 0 Å². The molecule has 0 atom stereocenters. The summed E-state index contributed by atoms with van der Waals surface area (Å²) >= 11 is 4.97. The first-order valence-electron chi connectivity index (χ1n) is 7.52. The topological polar surface area (TPSA) is 90.5 Å². The Morgan fingerprint density at radius 2 is 1.52 bits per heavy atom. The van der Waals surface area contributed by atoms with E-state index >= 15 is 0 Å². The molecule has 0 aliphatic rings. The number of nitrogens with one attached hydrogen (secondary N) is 3. The zero-order valence-corrected chi connectivity index (χ0v) is 15.7. The van der Waals surface area contributed by atoms with Gasteiger partial charge in [-0.2, -0.15) is 4.31 Å². The Morgan fingerprint density at radius 3 is 2.07 bits per heavy atom. The highest BCUT2D eigenvalue weighted by Crippen LogP contribution is 2.14. The molecule has 0 radical (unpaired) electrons. The smallest absolute Gasteiger partial charge is 0.253 e. The van der Waals surface area contributed by atoms with E-state index in [0.29, 0.717) is 5.69 Å². The van der Waals surface area contributed by atoms with E-state index in [1.807, 2.05) is 0 Å². The number of nitrogens with zero attached hydrogens (tertiary/aromatic N) is 1.